The zero-order chi connectivity index (χ0) is 21.4. The number of methoxy groups -OCH3 is 1. The zero-order valence-corrected chi connectivity index (χ0v) is 17.9. The fraction of sp³-hybridized carbons (Fsp3) is 0.364. The average Bonchev–Trinajstić information content (AvgIpc) is 2.68. The van der Waals surface area contributed by atoms with Crippen LogP contribution >= 0.6 is 11.6 Å². The van der Waals surface area contributed by atoms with Crippen molar-refractivity contribution < 1.29 is 19.1 Å². The number of halogens is 1. The number of anilines is 1. The van der Waals surface area contributed by atoms with E-state index >= 15 is 0 Å². The van der Waals surface area contributed by atoms with E-state index in [0.717, 1.165) is 0 Å². The highest BCUT2D eigenvalue weighted by atomic mass is 35.5. The first-order valence-corrected chi connectivity index (χ1v) is 9.90. The van der Waals surface area contributed by atoms with Crippen molar-refractivity contribution >= 4 is 29.1 Å². The molecule has 156 valence electrons. The van der Waals surface area contributed by atoms with Crippen LogP contribution in [-0.4, -0.2) is 31.6 Å². The van der Waals surface area contributed by atoms with Crippen LogP contribution in [0.3, 0.4) is 0 Å². The molecule has 1 atom stereocenters. The van der Waals surface area contributed by atoms with Gasteiger partial charge in [0, 0.05) is 22.3 Å². The number of benzene rings is 2. The Balaban J connectivity index is 2.14. The van der Waals surface area contributed by atoms with Gasteiger partial charge in [-0.25, -0.2) is 0 Å². The highest BCUT2D eigenvalue weighted by molar-refractivity contribution is 6.30. The summed E-state index contributed by atoms with van der Waals surface area (Å²) in [5.41, 5.74) is 1.00. The van der Waals surface area contributed by atoms with Gasteiger partial charge in [0.05, 0.1) is 13.7 Å². The number of amides is 2. The van der Waals surface area contributed by atoms with Crippen molar-refractivity contribution in [2.45, 2.75) is 33.2 Å². The van der Waals surface area contributed by atoms with Crippen molar-refractivity contribution in [3.05, 3.63) is 53.1 Å². The van der Waals surface area contributed by atoms with E-state index in [1.807, 2.05) is 20.8 Å². The largest absolute Gasteiger partial charge is 0.493 e. The van der Waals surface area contributed by atoms with E-state index in [0.29, 0.717) is 40.8 Å². The maximum Gasteiger partial charge on any atom is 0.251 e. The topological polar surface area (TPSA) is 76.7 Å². The minimum absolute atomic E-state index is 0.214. The average molecular weight is 419 g/mol. The summed E-state index contributed by atoms with van der Waals surface area (Å²) in [5.74, 6) is 0.711. The number of hydrogen-bond acceptors (Lipinski definition) is 4. The molecule has 0 bridgehead atoms. The van der Waals surface area contributed by atoms with Gasteiger partial charge in [0.15, 0.2) is 11.5 Å². The van der Waals surface area contributed by atoms with Crippen LogP contribution in [0.4, 0.5) is 5.69 Å². The molecule has 7 heteroatoms. The van der Waals surface area contributed by atoms with Crippen molar-refractivity contribution in [3.8, 4) is 11.5 Å². The lowest BCUT2D eigenvalue weighted by atomic mass is 10.0. The first-order chi connectivity index (χ1) is 13.8. The predicted molar refractivity (Wildman–Crippen MR) is 115 cm³/mol. The van der Waals surface area contributed by atoms with E-state index < -0.39 is 6.04 Å². The van der Waals surface area contributed by atoms with Gasteiger partial charge in [0.2, 0.25) is 5.91 Å². The molecule has 29 heavy (non-hydrogen) atoms. The minimum Gasteiger partial charge on any atom is -0.493 e. The van der Waals surface area contributed by atoms with Crippen LogP contribution in [0.15, 0.2) is 42.5 Å². The lowest BCUT2D eigenvalue weighted by molar-refractivity contribution is -0.118. The lowest BCUT2D eigenvalue weighted by Gasteiger charge is -2.21. The molecule has 0 saturated heterocycles. The second-order valence-electron chi connectivity index (χ2n) is 6.95. The molecule has 0 radical (unpaired) electrons. The smallest absolute Gasteiger partial charge is 0.251 e. The Kier molecular flexibility index (Phi) is 8.34. The summed E-state index contributed by atoms with van der Waals surface area (Å²) in [4.78, 5) is 25.4. The standard InChI is InChI=1S/C22H27ClN2O4/c1-5-29-19-11-10-17(13-20(19)28-4)24-22(27)18(12-14(2)3)25-21(26)15-6-8-16(23)9-7-15/h6-11,13-14,18H,5,12H2,1-4H3,(H,24,27)(H,25,26)/t18-/m0/s1. The van der Waals surface area contributed by atoms with Gasteiger partial charge in [0.25, 0.3) is 5.91 Å². The van der Waals surface area contributed by atoms with Crippen molar-refractivity contribution in [1.82, 2.24) is 5.32 Å². The van der Waals surface area contributed by atoms with Crippen LogP contribution < -0.4 is 20.1 Å². The number of ether oxygens (including phenoxy) is 2. The third kappa shape index (κ3) is 6.68. The summed E-state index contributed by atoms with van der Waals surface area (Å²) in [7, 11) is 1.54. The van der Waals surface area contributed by atoms with E-state index in [2.05, 4.69) is 10.6 Å². The Morgan fingerprint density at radius 2 is 1.76 bits per heavy atom. The highest BCUT2D eigenvalue weighted by Crippen LogP contribution is 2.30. The van der Waals surface area contributed by atoms with Gasteiger partial charge in [-0.05, 0) is 55.7 Å². The molecule has 2 N–H and O–H groups in total. The second-order valence-corrected chi connectivity index (χ2v) is 7.39. The maximum atomic E-state index is 12.9. The fourth-order valence-corrected chi connectivity index (χ4v) is 2.92. The maximum absolute atomic E-state index is 12.9. The van der Waals surface area contributed by atoms with Gasteiger partial charge < -0.3 is 20.1 Å². The normalized spacial score (nSPS) is 11.7. The van der Waals surface area contributed by atoms with Gasteiger partial charge in [-0.15, -0.1) is 0 Å². The SMILES string of the molecule is CCOc1ccc(NC(=O)[C@H](CC(C)C)NC(=O)c2ccc(Cl)cc2)cc1OC. The Morgan fingerprint density at radius 1 is 1.07 bits per heavy atom. The van der Waals surface area contributed by atoms with Gasteiger partial charge in [0.1, 0.15) is 6.04 Å². The molecule has 0 saturated carbocycles. The Hall–Kier alpha value is -2.73. The van der Waals surface area contributed by atoms with Crippen molar-refractivity contribution in [3.63, 3.8) is 0 Å². The van der Waals surface area contributed by atoms with Crippen LogP contribution in [0, 0.1) is 5.92 Å². The molecule has 2 aromatic carbocycles. The lowest BCUT2D eigenvalue weighted by Crippen LogP contribution is -2.44. The number of hydrogen-bond donors (Lipinski definition) is 2. The molecule has 0 aliphatic rings. The summed E-state index contributed by atoms with van der Waals surface area (Å²) in [6.07, 6.45) is 0.499. The third-order valence-corrected chi connectivity index (χ3v) is 4.42. The number of rotatable bonds is 9. The molecule has 0 fully saturated rings. The molecule has 2 rings (SSSR count). The zero-order valence-electron chi connectivity index (χ0n) is 17.1. The van der Waals surface area contributed by atoms with Gasteiger partial charge in [-0.2, -0.15) is 0 Å². The quantitative estimate of drug-likeness (QED) is 0.627. The van der Waals surface area contributed by atoms with E-state index in [-0.39, 0.29) is 17.7 Å². The number of carbonyl (C=O) groups is 2. The Bertz CT molecular complexity index is 837. The summed E-state index contributed by atoms with van der Waals surface area (Å²) in [6.45, 7) is 6.38. The monoisotopic (exact) mass is 418 g/mol. The van der Waals surface area contributed by atoms with Crippen molar-refractivity contribution in [1.29, 1.82) is 0 Å². The highest BCUT2D eigenvalue weighted by Gasteiger charge is 2.23. The van der Waals surface area contributed by atoms with E-state index in [4.69, 9.17) is 21.1 Å². The van der Waals surface area contributed by atoms with Gasteiger partial charge in [-0.1, -0.05) is 25.4 Å². The number of carbonyl (C=O) groups excluding carboxylic acids is 2. The van der Waals surface area contributed by atoms with E-state index in [1.54, 1.807) is 42.5 Å². The molecule has 0 spiro atoms. The summed E-state index contributed by atoms with van der Waals surface area (Å²) in [6, 6.07) is 11.0. The van der Waals surface area contributed by atoms with Crippen LogP contribution in [0.1, 0.15) is 37.6 Å². The van der Waals surface area contributed by atoms with Crippen LogP contribution in [-0.2, 0) is 4.79 Å². The van der Waals surface area contributed by atoms with Crippen LogP contribution in [0.5, 0.6) is 11.5 Å². The van der Waals surface area contributed by atoms with Crippen molar-refractivity contribution in [2.24, 2.45) is 5.92 Å². The van der Waals surface area contributed by atoms with Crippen LogP contribution in [0.2, 0.25) is 5.02 Å². The minimum atomic E-state index is -0.684. The Labute approximate surface area is 176 Å². The van der Waals surface area contributed by atoms with E-state index in [1.165, 1.54) is 7.11 Å². The molecule has 2 amide bonds. The summed E-state index contributed by atoms with van der Waals surface area (Å²) >= 11 is 5.87. The molecule has 6 nitrogen and oxygen atoms in total. The fourth-order valence-electron chi connectivity index (χ4n) is 2.80. The molecule has 0 heterocycles. The molecule has 0 aliphatic heterocycles. The predicted octanol–water partition coefficient (Wildman–Crippen LogP) is 4.53. The molecular weight excluding hydrogens is 392 g/mol. The first kappa shape index (κ1) is 22.6. The van der Waals surface area contributed by atoms with E-state index in [9.17, 15) is 9.59 Å². The van der Waals surface area contributed by atoms with Gasteiger partial charge in [-0.3, -0.25) is 9.59 Å². The molecule has 0 aliphatic carbocycles. The molecule has 2 aromatic rings. The molecule has 0 unspecified atom stereocenters. The molecule has 0 aromatic heterocycles. The van der Waals surface area contributed by atoms with Crippen LogP contribution in [0.25, 0.3) is 0 Å². The van der Waals surface area contributed by atoms with Crippen molar-refractivity contribution in [2.75, 3.05) is 19.0 Å². The third-order valence-electron chi connectivity index (χ3n) is 4.17. The second kappa shape index (κ2) is 10.7. The van der Waals surface area contributed by atoms with Gasteiger partial charge >= 0.3 is 0 Å². The summed E-state index contributed by atoms with van der Waals surface area (Å²) in [5, 5.41) is 6.21. The molecular formula is C22H27ClN2O4. The number of nitrogens with one attached hydrogen (secondary N) is 2. The summed E-state index contributed by atoms with van der Waals surface area (Å²) < 4.78 is 10.8. The first-order valence-electron chi connectivity index (χ1n) is 9.52. The Morgan fingerprint density at radius 3 is 2.34 bits per heavy atom.